The summed E-state index contributed by atoms with van der Waals surface area (Å²) < 4.78 is 35.8. The molecule has 0 amide bonds. The van der Waals surface area contributed by atoms with E-state index in [9.17, 15) is 12.8 Å². The Morgan fingerprint density at radius 1 is 1.50 bits per heavy atom. The number of nitrogens with zero attached hydrogens (tertiary/aromatic N) is 1. The number of halogens is 1. The molecule has 0 bridgehead atoms. The Morgan fingerprint density at radius 3 is 2.64 bits per heavy atom. The highest BCUT2D eigenvalue weighted by Gasteiger charge is 2.18. The molecule has 74 valence electrons. The van der Waals surface area contributed by atoms with Crippen molar-refractivity contribution < 1.29 is 12.8 Å². The molecular weight excluding hydrogens is 205 g/mol. The molecule has 0 heterocycles. The second-order valence-electron chi connectivity index (χ2n) is 2.85. The summed E-state index contributed by atoms with van der Waals surface area (Å²) in [6.07, 6.45) is 0. The Morgan fingerprint density at radius 2 is 2.14 bits per heavy atom. The fourth-order valence-corrected chi connectivity index (χ4v) is 1.98. The third kappa shape index (κ3) is 2.09. The van der Waals surface area contributed by atoms with Gasteiger partial charge < -0.3 is 0 Å². The maximum Gasteiger partial charge on any atom is 0.194 e. The standard InChI is InChI=1S/C9H8FNO2S/c1-7-2-3-9(8(10)6-7)14(12,13)5-4-11/h2-3,6H,5H2,1H3. The van der Waals surface area contributed by atoms with Crippen LogP contribution in [0.1, 0.15) is 5.56 Å². The van der Waals surface area contributed by atoms with E-state index in [-0.39, 0.29) is 0 Å². The van der Waals surface area contributed by atoms with Gasteiger partial charge in [-0.2, -0.15) is 5.26 Å². The van der Waals surface area contributed by atoms with Crippen molar-refractivity contribution in [3.05, 3.63) is 29.6 Å². The zero-order valence-electron chi connectivity index (χ0n) is 7.49. The second-order valence-corrected chi connectivity index (χ2v) is 4.81. The number of aryl methyl sites for hydroxylation is 1. The minimum absolute atomic E-state index is 0.412. The van der Waals surface area contributed by atoms with Gasteiger partial charge in [0.1, 0.15) is 16.5 Å². The van der Waals surface area contributed by atoms with Crippen molar-refractivity contribution in [1.82, 2.24) is 0 Å². The Hall–Kier alpha value is -1.41. The number of sulfone groups is 1. The molecule has 0 aliphatic heterocycles. The quantitative estimate of drug-likeness (QED) is 0.746. The lowest BCUT2D eigenvalue weighted by atomic mass is 10.2. The Bertz CT molecular complexity index is 488. The summed E-state index contributed by atoms with van der Waals surface area (Å²) in [5, 5.41) is 8.26. The van der Waals surface area contributed by atoms with Gasteiger partial charge in [0.05, 0.1) is 6.07 Å². The van der Waals surface area contributed by atoms with Gasteiger partial charge in [-0.25, -0.2) is 12.8 Å². The molecule has 0 N–H and O–H groups in total. The van der Waals surface area contributed by atoms with Crippen LogP contribution in [0.4, 0.5) is 4.39 Å². The topological polar surface area (TPSA) is 57.9 Å². The molecule has 0 saturated heterocycles. The third-order valence-corrected chi connectivity index (χ3v) is 3.19. The van der Waals surface area contributed by atoms with Gasteiger partial charge in [0.15, 0.2) is 9.84 Å². The van der Waals surface area contributed by atoms with Crippen molar-refractivity contribution in [2.75, 3.05) is 5.75 Å². The van der Waals surface area contributed by atoms with E-state index in [0.29, 0.717) is 5.56 Å². The van der Waals surface area contributed by atoms with Crippen LogP contribution < -0.4 is 0 Å². The summed E-state index contributed by atoms with van der Waals surface area (Å²) in [6, 6.07) is 5.29. The summed E-state index contributed by atoms with van der Waals surface area (Å²) in [4.78, 5) is -0.412. The molecule has 0 aliphatic rings. The van der Waals surface area contributed by atoms with E-state index in [1.807, 2.05) is 0 Å². The smallest absolute Gasteiger partial charge is 0.194 e. The van der Waals surface area contributed by atoms with Gasteiger partial charge in [-0.05, 0) is 24.6 Å². The summed E-state index contributed by atoms with van der Waals surface area (Å²) in [5.74, 6) is -1.51. The van der Waals surface area contributed by atoms with Crippen LogP contribution in [0, 0.1) is 24.1 Å². The SMILES string of the molecule is Cc1ccc(S(=O)(=O)CC#N)c(F)c1. The Labute approximate surface area is 81.7 Å². The molecule has 14 heavy (non-hydrogen) atoms. The maximum atomic E-state index is 13.2. The molecule has 0 radical (unpaired) electrons. The highest BCUT2D eigenvalue weighted by Crippen LogP contribution is 2.16. The zero-order chi connectivity index (χ0) is 10.8. The molecule has 5 heteroatoms. The van der Waals surface area contributed by atoms with Gasteiger partial charge in [-0.3, -0.25) is 0 Å². The van der Waals surface area contributed by atoms with E-state index in [1.165, 1.54) is 18.2 Å². The summed E-state index contributed by atoms with van der Waals surface area (Å²) in [7, 11) is -3.79. The van der Waals surface area contributed by atoms with Crippen molar-refractivity contribution in [3.8, 4) is 6.07 Å². The fraction of sp³-hybridized carbons (Fsp3) is 0.222. The van der Waals surface area contributed by atoms with E-state index in [1.54, 1.807) is 6.92 Å². The van der Waals surface area contributed by atoms with Crippen LogP contribution in [0.3, 0.4) is 0 Å². The molecule has 0 unspecified atom stereocenters. The largest absolute Gasteiger partial charge is 0.223 e. The van der Waals surface area contributed by atoms with Crippen LogP contribution in [-0.2, 0) is 9.84 Å². The summed E-state index contributed by atoms with van der Waals surface area (Å²) in [6.45, 7) is 1.66. The van der Waals surface area contributed by atoms with Crippen LogP contribution in [0.15, 0.2) is 23.1 Å². The van der Waals surface area contributed by atoms with Crippen molar-refractivity contribution in [2.45, 2.75) is 11.8 Å². The van der Waals surface area contributed by atoms with Gasteiger partial charge in [-0.1, -0.05) is 6.07 Å². The lowest BCUT2D eigenvalue weighted by Gasteiger charge is -2.02. The first-order chi connectivity index (χ1) is 6.47. The molecule has 1 aromatic rings. The predicted molar refractivity (Wildman–Crippen MR) is 48.8 cm³/mol. The number of hydrogen-bond donors (Lipinski definition) is 0. The minimum atomic E-state index is -3.79. The highest BCUT2D eigenvalue weighted by atomic mass is 32.2. The number of rotatable bonds is 2. The molecule has 0 spiro atoms. The molecule has 1 aromatic carbocycles. The predicted octanol–water partition coefficient (Wildman–Crippen LogP) is 1.43. The normalized spacial score (nSPS) is 10.9. The first kappa shape index (κ1) is 10.7. The van der Waals surface area contributed by atoms with E-state index < -0.39 is 26.3 Å². The number of hydrogen-bond acceptors (Lipinski definition) is 3. The number of benzene rings is 1. The summed E-state index contributed by atoms with van der Waals surface area (Å²) >= 11 is 0. The monoisotopic (exact) mass is 213 g/mol. The van der Waals surface area contributed by atoms with Crippen LogP contribution >= 0.6 is 0 Å². The van der Waals surface area contributed by atoms with Crippen molar-refractivity contribution >= 4 is 9.84 Å². The molecule has 0 atom stereocenters. The van der Waals surface area contributed by atoms with E-state index >= 15 is 0 Å². The van der Waals surface area contributed by atoms with Gasteiger partial charge in [0, 0.05) is 0 Å². The molecule has 0 saturated carbocycles. The van der Waals surface area contributed by atoms with Crippen LogP contribution in [0.2, 0.25) is 0 Å². The van der Waals surface area contributed by atoms with E-state index in [2.05, 4.69) is 0 Å². The molecular formula is C9H8FNO2S. The lowest BCUT2D eigenvalue weighted by Crippen LogP contribution is -2.07. The molecule has 0 aromatic heterocycles. The van der Waals surface area contributed by atoms with Gasteiger partial charge >= 0.3 is 0 Å². The van der Waals surface area contributed by atoms with Gasteiger partial charge in [0.25, 0.3) is 0 Å². The van der Waals surface area contributed by atoms with E-state index in [4.69, 9.17) is 5.26 Å². The minimum Gasteiger partial charge on any atom is -0.223 e. The Kier molecular flexibility index (Phi) is 2.87. The van der Waals surface area contributed by atoms with Crippen molar-refractivity contribution in [2.24, 2.45) is 0 Å². The first-order valence-corrected chi connectivity index (χ1v) is 5.48. The summed E-state index contributed by atoms with van der Waals surface area (Å²) in [5.41, 5.74) is 0.637. The van der Waals surface area contributed by atoms with Crippen LogP contribution in [-0.4, -0.2) is 14.2 Å². The number of nitriles is 1. The van der Waals surface area contributed by atoms with Gasteiger partial charge in [-0.15, -0.1) is 0 Å². The average molecular weight is 213 g/mol. The van der Waals surface area contributed by atoms with Crippen LogP contribution in [0.5, 0.6) is 0 Å². The fourth-order valence-electron chi connectivity index (χ4n) is 1.02. The second kappa shape index (κ2) is 3.76. The molecule has 3 nitrogen and oxygen atoms in total. The molecule has 0 aliphatic carbocycles. The van der Waals surface area contributed by atoms with Crippen LogP contribution in [0.25, 0.3) is 0 Å². The van der Waals surface area contributed by atoms with Crippen molar-refractivity contribution in [1.29, 1.82) is 5.26 Å². The highest BCUT2D eigenvalue weighted by molar-refractivity contribution is 7.91. The third-order valence-electron chi connectivity index (χ3n) is 1.68. The van der Waals surface area contributed by atoms with Crippen molar-refractivity contribution in [3.63, 3.8) is 0 Å². The maximum absolute atomic E-state index is 13.2. The van der Waals surface area contributed by atoms with Gasteiger partial charge in [0.2, 0.25) is 0 Å². The lowest BCUT2D eigenvalue weighted by molar-refractivity contribution is 0.568. The zero-order valence-corrected chi connectivity index (χ0v) is 8.31. The average Bonchev–Trinajstić information content (AvgIpc) is 2.02. The first-order valence-electron chi connectivity index (χ1n) is 3.83. The van der Waals surface area contributed by atoms with E-state index in [0.717, 1.165) is 6.07 Å². The molecule has 0 fully saturated rings. The molecule has 1 rings (SSSR count). The Balaban J connectivity index is 3.29.